The molecule has 1 heterocycles. The van der Waals surface area contributed by atoms with Crippen LogP contribution in [0.25, 0.3) is 0 Å². The topological polar surface area (TPSA) is 98.2 Å². The molecule has 8 heteroatoms. The number of nitrogen functional groups attached to an aromatic ring is 1. The highest BCUT2D eigenvalue weighted by molar-refractivity contribution is 7.89. The van der Waals surface area contributed by atoms with Gasteiger partial charge in [-0.3, -0.25) is 0 Å². The van der Waals surface area contributed by atoms with Gasteiger partial charge in [0.05, 0.1) is 17.9 Å². The van der Waals surface area contributed by atoms with Crippen LogP contribution in [0.4, 0.5) is 10.1 Å². The van der Waals surface area contributed by atoms with Crippen molar-refractivity contribution in [3.05, 3.63) is 41.5 Å². The van der Waals surface area contributed by atoms with Gasteiger partial charge in [-0.25, -0.2) is 17.5 Å². The molecule has 102 valence electrons. The Morgan fingerprint density at radius 1 is 1.42 bits per heavy atom. The van der Waals surface area contributed by atoms with Crippen LogP contribution in [0, 0.1) is 12.7 Å². The number of hydrogen-bond donors (Lipinski definition) is 2. The normalized spacial score (nSPS) is 11.7. The van der Waals surface area contributed by atoms with Crippen molar-refractivity contribution >= 4 is 15.7 Å². The standard InChI is InChI=1S/C11H12FN3O3S/c1-7-4-9(18-15-7)6-14-19(16,17)11-3-2-8(12)5-10(11)13/h2-5,14H,6,13H2,1H3. The molecular formula is C11H12FN3O3S. The highest BCUT2D eigenvalue weighted by atomic mass is 32.2. The van der Waals surface area contributed by atoms with Gasteiger partial charge in [-0.2, -0.15) is 0 Å². The predicted molar refractivity (Wildman–Crippen MR) is 66.1 cm³/mol. The molecule has 0 unspecified atom stereocenters. The maximum atomic E-state index is 12.9. The Balaban J connectivity index is 2.18. The lowest BCUT2D eigenvalue weighted by Gasteiger charge is -2.07. The Labute approximate surface area is 109 Å². The molecule has 3 N–H and O–H groups in total. The molecule has 0 fully saturated rings. The number of benzene rings is 1. The lowest BCUT2D eigenvalue weighted by molar-refractivity contribution is 0.377. The van der Waals surface area contributed by atoms with E-state index < -0.39 is 15.8 Å². The number of hydrogen-bond acceptors (Lipinski definition) is 5. The average Bonchev–Trinajstić information content (AvgIpc) is 2.72. The van der Waals surface area contributed by atoms with E-state index in [1.165, 1.54) is 0 Å². The minimum absolute atomic E-state index is 0.0556. The lowest BCUT2D eigenvalue weighted by Crippen LogP contribution is -2.24. The summed E-state index contributed by atoms with van der Waals surface area (Å²) in [6, 6.07) is 4.70. The van der Waals surface area contributed by atoms with E-state index in [1.807, 2.05) is 0 Å². The number of halogens is 1. The van der Waals surface area contributed by atoms with Gasteiger partial charge in [0.25, 0.3) is 0 Å². The van der Waals surface area contributed by atoms with Crippen molar-refractivity contribution < 1.29 is 17.3 Å². The smallest absolute Gasteiger partial charge is 0.243 e. The number of nitrogens with two attached hydrogens (primary N) is 1. The zero-order valence-electron chi connectivity index (χ0n) is 10.1. The quantitative estimate of drug-likeness (QED) is 0.822. The summed E-state index contributed by atoms with van der Waals surface area (Å²) in [4.78, 5) is -0.176. The van der Waals surface area contributed by atoms with Crippen LogP contribution in [0.15, 0.2) is 33.7 Å². The third-order valence-electron chi connectivity index (χ3n) is 2.37. The van der Waals surface area contributed by atoms with E-state index in [0.717, 1.165) is 18.2 Å². The van der Waals surface area contributed by atoms with E-state index in [1.54, 1.807) is 13.0 Å². The summed E-state index contributed by atoms with van der Waals surface area (Å²) in [6.45, 7) is 1.67. The van der Waals surface area contributed by atoms with Gasteiger partial charge in [0.2, 0.25) is 10.0 Å². The summed E-state index contributed by atoms with van der Waals surface area (Å²) in [6.07, 6.45) is 0. The monoisotopic (exact) mass is 285 g/mol. The van der Waals surface area contributed by atoms with E-state index >= 15 is 0 Å². The summed E-state index contributed by atoms with van der Waals surface area (Å²) in [5, 5.41) is 3.64. The van der Waals surface area contributed by atoms with Crippen LogP contribution in [0.3, 0.4) is 0 Å². The number of nitrogens with zero attached hydrogens (tertiary/aromatic N) is 1. The van der Waals surface area contributed by atoms with Crippen molar-refractivity contribution in [3.63, 3.8) is 0 Å². The highest BCUT2D eigenvalue weighted by Crippen LogP contribution is 2.19. The molecule has 0 saturated heterocycles. The molecular weight excluding hydrogens is 273 g/mol. The van der Waals surface area contributed by atoms with Crippen LogP contribution in [-0.4, -0.2) is 13.6 Å². The minimum atomic E-state index is -3.83. The summed E-state index contributed by atoms with van der Waals surface area (Å²) in [5.74, 6) is -0.218. The van der Waals surface area contributed by atoms with Crippen molar-refractivity contribution in [1.82, 2.24) is 9.88 Å². The summed E-state index contributed by atoms with van der Waals surface area (Å²) < 4.78 is 44.0. The van der Waals surface area contributed by atoms with Gasteiger partial charge in [0, 0.05) is 6.07 Å². The number of aromatic nitrogens is 1. The van der Waals surface area contributed by atoms with E-state index in [-0.39, 0.29) is 17.1 Å². The molecule has 0 amide bonds. The van der Waals surface area contributed by atoms with Crippen LogP contribution < -0.4 is 10.5 Å². The van der Waals surface area contributed by atoms with Crippen molar-refractivity contribution in [2.45, 2.75) is 18.4 Å². The third-order valence-corrected chi connectivity index (χ3v) is 3.85. The van der Waals surface area contributed by atoms with Crippen molar-refractivity contribution in [3.8, 4) is 0 Å². The molecule has 0 aliphatic rings. The summed E-state index contributed by atoms with van der Waals surface area (Å²) in [7, 11) is -3.83. The summed E-state index contributed by atoms with van der Waals surface area (Å²) >= 11 is 0. The van der Waals surface area contributed by atoms with E-state index in [9.17, 15) is 12.8 Å². The minimum Gasteiger partial charge on any atom is -0.398 e. The number of anilines is 1. The van der Waals surface area contributed by atoms with Crippen LogP contribution in [0.2, 0.25) is 0 Å². The molecule has 0 spiro atoms. The molecule has 2 aromatic rings. The zero-order valence-corrected chi connectivity index (χ0v) is 10.9. The molecule has 1 aromatic heterocycles. The van der Waals surface area contributed by atoms with Crippen LogP contribution in [0.5, 0.6) is 0 Å². The molecule has 0 bridgehead atoms. The van der Waals surface area contributed by atoms with Crippen LogP contribution >= 0.6 is 0 Å². The molecule has 0 atom stereocenters. The van der Waals surface area contributed by atoms with Gasteiger partial charge >= 0.3 is 0 Å². The van der Waals surface area contributed by atoms with E-state index in [0.29, 0.717) is 11.5 Å². The Hall–Kier alpha value is -1.93. The molecule has 0 aliphatic carbocycles. The van der Waals surface area contributed by atoms with Crippen molar-refractivity contribution in [2.24, 2.45) is 0 Å². The third kappa shape index (κ3) is 3.09. The maximum Gasteiger partial charge on any atom is 0.243 e. The molecule has 6 nitrogen and oxygen atoms in total. The van der Waals surface area contributed by atoms with Crippen LogP contribution in [-0.2, 0) is 16.6 Å². The number of rotatable bonds is 4. The second kappa shape index (κ2) is 4.98. The van der Waals surface area contributed by atoms with Gasteiger partial charge < -0.3 is 10.3 Å². The van der Waals surface area contributed by atoms with E-state index in [4.69, 9.17) is 10.3 Å². The number of nitrogens with one attached hydrogen (secondary N) is 1. The second-order valence-electron chi connectivity index (χ2n) is 3.94. The fraction of sp³-hybridized carbons (Fsp3) is 0.182. The predicted octanol–water partition coefficient (Wildman–Crippen LogP) is 1.18. The Morgan fingerprint density at radius 2 is 2.16 bits per heavy atom. The molecule has 0 saturated carbocycles. The van der Waals surface area contributed by atoms with E-state index in [2.05, 4.69) is 9.88 Å². The fourth-order valence-electron chi connectivity index (χ4n) is 1.51. The van der Waals surface area contributed by atoms with Gasteiger partial charge in [-0.05, 0) is 25.1 Å². The van der Waals surface area contributed by atoms with Crippen molar-refractivity contribution in [2.75, 3.05) is 5.73 Å². The molecule has 0 aliphatic heterocycles. The molecule has 1 aromatic carbocycles. The first-order valence-electron chi connectivity index (χ1n) is 5.35. The molecule has 2 rings (SSSR count). The van der Waals surface area contributed by atoms with Crippen molar-refractivity contribution in [1.29, 1.82) is 0 Å². The summed E-state index contributed by atoms with van der Waals surface area (Å²) in [5.41, 5.74) is 5.98. The molecule has 19 heavy (non-hydrogen) atoms. The first-order valence-corrected chi connectivity index (χ1v) is 6.84. The maximum absolute atomic E-state index is 12.9. The average molecular weight is 285 g/mol. The molecule has 0 radical (unpaired) electrons. The Morgan fingerprint density at radius 3 is 2.74 bits per heavy atom. The fourth-order valence-corrected chi connectivity index (χ4v) is 2.61. The Kier molecular flexibility index (Phi) is 3.54. The van der Waals surface area contributed by atoms with Crippen LogP contribution in [0.1, 0.15) is 11.5 Å². The number of aryl methyl sites for hydroxylation is 1. The highest BCUT2D eigenvalue weighted by Gasteiger charge is 2.18. The Bertz CT molecular complexity index is 697. The second-order valence-corrected chi connectivity index (χ2v) is 5.68. The van der Waals surface area contributed by atoms with Gasteiger partial charge in [0.15, 0.2) is 5.76 Å². The number of sulfonamides is 1. The largest absolute Gasteiger partial charge is 0.398 e. The van der Waals surface area contributed by atoms with Gasteiger partial charge in [-0.15, -0.1) is 0 Å². The lowest BCUT2D eigenvalue weighted by atomic mass is 10.3. The SMILES string of the molecule is Cc1cc(CNS(=O)(=O)c2ccc(F)cc2N)on1. The van der Waals surface area contributed by atoms with Gasteiger partial charge in [0.1, 0.15) is 10.7 Å². The first kappa shape index (κ1) is 13.5. The van der Waals surface area contributed by atoms with Gasteiger partial charge in [-0.1, -0.05) is 5.16 Å². The first-order chi connectivity index (χ1) is 8.88. The zero-order chi connectivity index (χ0) is 14.0.